The van der Waals surface area contributed by atoms with Crippen LogP contribution in [0.3, 0.4) is 0 Å². The van der Waals surface area contributed by atoms with Gasteiger partial charge in [-0.25, -0.2) is 15.0 Å². The van der Waals surface area contributed by atoms with E-state index >= 15 is 0 Å². The SMILES string of the molecule is CC(C)CNc1nc2c(N)ncnc2n1C1OC(CO)C(O)C1O. The second-order valence-electron chi connectivity index (χ2n) is 6.24. The third-order valence-corrected chi connectivity index (χ3v) is 3.95. The fourth-order valence-electron chi connectivity index (χ4n) is 2.68. The number of rotatable bonds is 5. The summed E-state index contributed by atoms with van der Waals surface area (Å²) in [5, 5.41) is 32.8. The van der Waals surface area contributed by atoms with E-state index in [0.29, 0.717) is 29.6 Å². The smallest absolute Gasteiger partial charge is 0.207 e. The highest BCUT2D eigenvalue weighted by atomic mass is 16.6. The lowest BCUT2D eigenvalue weighted by Gasteiger charge is -2.20. The molecule has 3 heterocycles. The van der Waals surface area contributed by atoms with E-state index in [4.69, 9.17) is 10.5 Å². The molecule has 132 valence electrons. The molecule has 24 heavy (non-hydrogen) atoms. The van der Waals surface area contributed by atoms with Gasteiger partial charge in [0.1, 0.15) is 24.6 Å². The van der Waals surface area contributed by atoms with Crippen molar-refractivity contribution < 1.29 is 20.1 Å². The Hall–Kier alpha value is -2.01. The minimum absolute atomic E-state index is 0.207. The minimum Gasteiger partial charge on any atom is -0.394 e. The monoisotopic (exact) mass is 338 g/mol. The summed E-state index contributed by atoms with van der Waals surface area (Å²) in [4.78, 5) is 12.5. The second-order valence-corrected chi connectivity index (χ2v) is 6.24. The van der Waals surface area contributed by atoms with Crippen molar-refractivity contribution in [1.82, 2.24) is 19.5 Å². The van der Waals surface area contributed by atoms with E-state index in [0.717, 1.165) is 0 Å². The Morgan fingerprint density at radius 3 is 2.71 bits per heavy atom. The van der Waals surface area contributed by atoms with E-state index in [9.17, 15) is 15.3 Å². The first-order chi connectivity index (χ1) is 11.4. The molecule has 0 aromatic carbocycles. The highest BCUT2D eigenvalue weighted by Crippen LogP contribution is 2.35. The molecule has 0 bridgehead atoms. The lowest BCUT2D eigenvalue weighted by molar-refractivity contribution is -0.0501. The van der Waals surface area contributed by atoms with E-state index in [2.05, 4.69) is 20.3 Å². The molecule has 2 aromatic rings. The molecule has 6 N–H and O–H groups in total. The summed E-state index contributed by atoms with van der Waals surface area (Å²) in [6, 6.07) is 0. The van der Waals surface area contributed by atoms with Crippen LogP contribution in [0.2, 0.25) is 0 Å². The predicted octanol–water partition coefficient (Wildman–Crippen LogP) is -0.912. The molecule has 10 nitrogen and oxygen atoms in total. The number of hydrogen-bond acceptors (Lipinski definition) is 9. The molecule has 1 aliphatic rings. The number of nitrogen functional groups attached to an aromatic ring is 1. The van der Waals surface area contributed by atoms with Gasteiger partial charge < -0.3 is 31.1 Å². The number of imidazole rings is 1. The lowest BCUT2D eigenvalue weighted by atomic mass is 10.1. The normalized spacial score (nSPS) is 27.2. The maximum atomic E-state index is 10.3. The molecule has 1 saturated heterocycles. The van der Waals surface area contributed by atoms with Crippen molar-refractivity contribution in [3.05, 3.63) is 6.33 Å². The number of nitrogens with one attached hydrogen (secondary N) is 1. The van der Waals surface area contributed by atoms with Gasteiger partial charge in [-0.2, -0.15) is 0 Å². The van der Waals surface area contributed by atoms with E-state index < -0.39 is 31.1 Å². The van der Waals surface area contributed by atoms with Gasteiger partial charge in [-0.15, -0.1) is 0 Å². The number of ether oxygens (including phenoxy) is 1. The van der Waals surface area contributed by atoms with Crippen LogP contribution in [-0.4, -0.2) is 66.3 Å². The van der Waals surface area contributed by atoms with Gasteiger partial charge in [0, 0.05) is 6.54 Å². The summed E-state index contributed by atoms with van der Waals surface area (Å²) in [5.41, 5.74) is 6.62. The van der Waals surface area contributed by atoms with Crippen LogP contribution in [0.5, 0.6) is 0 Å². The number of nitrogens with zero attached hydrogens (tertiary/aromatic N) is 4. The number of aliphatic hydroxyl groups is 3. The van der Waals surface area contributed by atoms with Crippen molar-refractivity contribution in [3.63, 3.8) is 0 Å². The quantitative estimate of drug-likeness (QED) is 0.466. The largest absolute Gasteiger partial charge is 0.394 e. The predicted molar refractivity (Wildman–Crippen MR) is 86.1 cm³/mol. The zero-order valence-electron chi connectivity index (χ0n) is 13.5. The van der Waals surface area contributed by atoms with E-state index in [1.807, 2.05) is 13.8 Å². The molecule has 1 aliphatic heterocycles. The molecule has 0 saturated carbocycles. The van der Waals surface area contributed by atoms with Crippen LogP contribution in [0.15, 0.2) is 6.33 Å². The highest BCUT2D eigenvalue weighted by molar-refractivity contribution is 5.84. The summed E-state index contributed by atoms with van der Waals surface area (Å²) in [6.07, 6.45) is -3.00. The van der Waals surface area contributed by atoms with Crippen LogP contribution in [0.25, 0.3) is 11.2 Å². The third kappa shape index (κ3) is 2.77. The summed E-state index contributed by atoms with van der Waals surface area (Å²) in [5.74, 6) is 0.964. The van der Waals surface area contributed by atoms with Gasteiger partial charge in [-0.3, -0.25) is 4.57 Å². The van der Waals surface area contributed by atoms with Gasteiger partial charge in [0.15, 0.2) is 23.2 Å². The molecule has 3 rings (SSSR count). The number of aliphatic hydroxyl groups excluding tert-OH is 3. The van der Waals surface area contributed by atoms with Crippen LogP contribution >= 0.6 is 0 Å². The van der Waals surface area contributed by atoms with E-state index in [1.165, 1.54) is 6.33 Å². The molecule has 0 aliphatic carbocycles. The van der Waals surface area contributed by atoms with Crippen LogP contribution in [0.4, 0.5) is 11.8 Å². The van der Waals surface area contributed by atoms with Gasteiger partial charge in [0.25, 0.3) is 0 Å². The number of hydrogen-bond donors (Lipinski definition) is 5. The summed E-state index contributed by atoms with van der Waals surface area (Å²) in [6.45, 7) is 4.31. The number of aromatic nitrogens is 4. The summed E-state index contributed by atoms with van der Waals surface area (Å²) >= 11 is 0. The van der Waals surface area contributed by atoms with Crippen molar-refractivity contribution in [2.75, 3.05) is 24.2 Å². The third-order valence-electron chi connectivity index (χ3n) is 3.95. The fraction of sp³-hybridized carbons (Fsp3) is 0.643. The average molecular weight is 338 g/mol. The van der Waals surface area contributed by atoms with Crippen LogP contribution < -0.4 is 11.1 Å². The Morgan fingerprint density at radius 2 is 2.08 bits per heavy atom. The first-order valence-electron chi connectivity index (χ1n) is 7.78. The molecular weight excluding hydrogens is 316 g/mol. The maximum absolute atomic E-state index is 10.3. The van der Waals surface area contributed by atoms with Gasteiger partial charge >= 0.3 is 0 Å². The Labute approximate surface area is 138 Å². The summed E-state index contributed by atoms with van der Waals surface area (Å²) in [7, 11) is 0. The molecule has 10 heteroatoms. The van der Waals surface area contributed by atoms with Crippen molar-refractivity contribution in [2.45, 2.75) is 38.4 Å². The second kappa shape index (κ2) is 6.48. The molecule has 4 atom stereocenters. The van der Waals surface area contributed by atoms with Crippen molar-refractivity contribution in [3.8, 4) is 0 Å². The standard InChI is InChI=1S/C14H22N6O4/c1-6(2)3-16-14-19-8-11(15)17-5-18-12(8)20(14)13-10(23)9(22)7(4-21)24-13/h5-7,9-10,13,21-23H,3-4H2,1-2H3,(H,16,19)(H2,15,17,18). The highest BCUT2D eigenvalue weighted by Gasteiger charge is 2.45. The molecule has 0 amide bonds. The van der Waals surface area contributed by atoms with Crippen molar-refractivity contribution >= 4 is 22.9 Å². The average Bonchev–Trinajstić information content (AvgIpc) is 3.05. The number of nitrogens with two attached hydrogens (primary N) is 1. The molecule has 2 aromatic heterocycles. The van der Waals surface area contributed by atoms with Crippen LogP contribution in [0.1, 0.15) is 20.1 Å². The molecule has 0 spiro atoms. The number of fused-ring (bicyclic) bond motifs is 1. The number of anilines is 2. The topological polar surface area (TPSA) is 152 Å². The first-order valence-corrected chi connectivity index (χ1v) is 7.78. The zero-order chi connectivity index (χ0) is 17.4. The zero-order valence-corrected chi connectivity index (χ0v) is 13.5. The van der Waals surface area contributed by atoms with Gasteiger partial charge in [-0.05, 0) is 5.92 Å². The van der Waals surface area contributed by atoms with Crippen LogP contribution in [-0.2, 0) is 4.74 Å². The van der Waals surface area contributed by atoms with Crippen molar-refractivity contribution in [2.24, 2.45) is 5.92 Å². The molecule has 1 fully saturated rings. The summed E-state index contributed by atoms with van der Waals surface area (Å²) < 4.78 is 7.15. The Kier molecular flexibility index (Phi) is 4.54. The minimum atomic E-state index is -1.24. The lowest BCUT2D eigenvalue weighted by Crippen LogP contribution is -2.33. The van der Waals surface area contributed by atoms with Crippen molar-refractivity contribution in [1.29, 1.82) is 0 Å². The first kappa shape index (κ1) is 16.8. The molecule has 4 unspecified atom stereocenters. The van der Waals surface area contributed by atoms with Crippen LogP contribution in [0, 0.1) is 5.92 Å². The van der Waals surface area contributed by atoms with Gasteiger partial charge in [0.05, 0.1) is 6.61 Å². The van der Waals surface area contributed by atoms with Gasteiger partial charge in [-0.1, -0.05) is 13.8 Å². The van der Waals surface area contributed by atoms with E-state index in [1.54, 1.807) is 4.57 Å². The van der Waals surface area contributed by atoms with E-state index in [-0.39, 0.29) is 5.82 Å². The Balaban J connectivity index is 2.07. The molecular formula is C14H22N6O4. The Bertz CT molecular complexity index is 721. The Morgan fingerprint density at radius 1 is 1.33 bits per heavy atom. The molecule has 0 radical (unpaired) electrons. The maximum Gasteiger partial charge on any atom is 0.207 e. The fourth-order valence-corrected chi connectivity index (χ4v) is 2.68. The van der Waals surface area contributed by atoms with Gasteiger partial charge in [0.2, 0.25) is 5.95 Å².